The van der Waals surface area contributed by atoms with Crippen LogP contribution in [-0.4, -0.2) is 23.4 Å². The largest absolute Gasteiger partial charge is 0.508 e. The molecule has 7 heteroatoms. The third-order valence-electron chi connectivity index (χ3n) is 2.24. The molecule has 1 aliphatic heterocycles. The number of nitrogens with one attached hydrogen (secondary N) is 1. The number of hydrogen-bond acceptors (Lipinski definition) is 6. The van der Waals surface area contributed by atoms with Crippen LogP contribution in [0.15, 0.2) is 46.3 Å². The minimum Gasteiger partial charge on any atom is -0.508 e. The molecule has 0 amide bonds. The molecular weight excluding hydrogens is 232 g/mol. The van der Waals surface area contributed by atoms with E-state index in [0.29, 0.717) is 11.7 Å². The van der Waals surface area contributed by atoms with Crippen molar-refractivity contribution < 1.29 is 10.5 Å². The van der Waals surface area contributed by atoms with Crippen LogP contribution < -0.4 is 22.2 Å². The molecule has 1 atom stereocenters. The second-order valence-corrected chi connectivity index (χ2v) is 3.74. The lowest BCUT2D eigenvalue weighted by atomic mass is 10.2. The maximum Gasteiger partial charge on any atom is 0.231 e. The fourth-order valence-electron chi connectivity index (χ4n) is 1.44. The molecule has 18 heavy (non-hydrogen) atoms. The van der Waals surface area contributed by atoms with Gasteiger partial charge in [0.05, 0.1) is 12.3 Å². The lowest BCUT2D eigenvalue weighted by Gasteiger charge is -2.14. The van der Waals surface area contributed by atoms with Gasteiger partial charge >= 0.3 is 0 Å². The molecule has 2 rings (SSSR count). The SMILES string of the molecule is NC1=NC(N)NC([NH2+]N=Cc2ccc(O)cc2)=C1. The van der Waals surface area contributed by atoms with Crippen LogP contribution in [0, 0.1) is 0 Å². The molecule has 0 bridgehead atoms. The van der Waals surface area contributed by atoms with E-state index in [2.05, 4.69) is 15.4 Å². The van der Waals surface area contributed by atoms with Crippen molar-refractivity contribution in [3.63, 3.8) is 0 Å². The first kappa shape index (κ1) is 12.1. The summed E-state index contributed by atoms with van der Waals surface area (Å²) in [7, 11) is 0. The minimum atomic E-state index is -0.537. The number of nitrogens with zero attached hydrogens (tertiary/aromatic N) is 2. The van der Waals surface area contributed by atoms with Gasteiger partial charge in [0.15, 0.2) is 6.29 Å². The highest BCUT2D eigenvalue weighted by Gasteiger charge is 2.12. The summed E-state index contributed by atoms with van der Waals surface area (Å²) in [6, 6.07) is 6.72. The summed E-state index contributed by atoms with van der Waals surface area (Å²) in [6.45, 7) is 0. The highest BCUT2D eigenvalue weighted by molar-refractivity contribution is 5.92. The molecule has 1 aromatic rings. The molecule has 0 saturated carbocycles. The van der Waals surface area contributed by atoms with Crippen molar-refractivity contribution in [2.45, 2.75) is 6.29 Å². The van der Waals surface area contributed by atoms with E-state index in [1.54, 1.807) is 42.0 Å². The Bertz CT molecular complexity index is 505. The van der Waals surface area contributed by atoms with Gasteiger partial charge in [-0.15, -0.1) is 0 Å². The summed E-state index contributed by atoms with van der Waals surface area (Å²) in [6.07, 6.45) is 2.78. The molecule has 1 heterocycles. The van der Waals surface area contributed by atoms with Gasteiger partial charge < -0.3 is 16.2 Å². The van der Waals surface area contributed by atoms with Gasteiger partial charge in [-0.05, 0) is 29.8 Å². The summed E-state index contributed by atoms with van der Waals surface area (Å²) in [5.41, 5.74) is 13.7. The van der Waals surface area contributed by atoms with Gasteiger partial charge in [0.25, 0.3) is 0 Å². The molecule has 0 saturated heterocycles. The Balaban J connectivity index is 1.96. The van der Waals surface area contributed by atoms with Gasteiger partial charge in [-0.2, -0.15) is 5.43 Å². The monoisotopic (exact) mass is 247 g/mol. The molecule has 1 unspecified atom stereocenters. The van der Waals surface area contributed by atoms with Crippen LogP contribution in [0.25, 0.3) is 0 Å². The summed E-state index contributed by atoms with van der Waals surface area (Å²) in [5, 5.41) is 16.2. The molecule has 94 valence electrons. The first-order valence-electron chi connectivity index (χ1n) is 5.36. The molecular formula is C11H15N6O+. The molecule has 1 aliphatic rings. The highest BCUT2D eigenvalue weighted by Crippen LogP contribution is 2.07. The van der Waals surface area contributed by atoms with Gasteiger partial charge in [0.1, 0.15) is 11.6 Å². The van der Waals surface area contributed by atoms with Crippen molar-refractivity contribution in [3.05, 3.63) is 41.7 Å². The third kappa shape index (κ3) is 3.30. The van der Waals surface area contributed by atoms with Crippen molar-refractivity contribution in [3.8, 4) is 5.75 Å². The number of phenols is 1. The van der Waals surface area contributed by atoms with E-state index in [4.69, 9.17) is 16.6 Å². The van der Waals surface area contributed by atoms with E-state index in [9.17, 15) is 0 Å². The quantitative estimate of drug-likeness (QED) is 0.249. The number of amidine groups is 1. The molecule has 1 aromatic carbocycles. The number of rotatable bonds is 3. The van der Waals surface area contributed by atoms with Crippen molar-refractivity contribution in [1.82, 2.24) is 5.32 Å². The molecule has 0 aliphatic carbocycles. The van der Waals surface area contributed by atoms with Gasteiger partial charge in [0, 0.05) is 0 Å². The smallest absolute Gasteiger partial charge is 0.231 e. The number of aromatic hydroxyl groups is 1. The first-order chi connectivity index (χ1) is 8.63. The average Bonchev–Trinajstić information content (AvgIpc) is 2.30. The second-order valence-electron chi connectivity index (χ2n) is 3.74. The number of quaternary nitrogens is 1. The van der Waals surface area contributed by atoms with Crippen molar-refractivity contribution >= 4 is 12.1 Å². The molecule has 0 radical (unpaired) electrons. The van der Waals surface area contributed by atoms with Crippen molar-refractivity contribution in [1.29, 1.82) is 0 Å². The Morgan fingerprint density at radius 1 is 1.39 bits per heavy atom. The molecule has 0 spiro atoms. The van der Waals surface area contributed by atoms with Gasteiger partial charge in [-0.25, -0.2) is 4.99 Å². The summed E-state index contributed by atoms with van der Waals surface area (Å²) in [4.78, 5) is 3.89. The van der Waals surface area contributed by atoms with Crippen LogP contribution in [0.4, 0.5) is 0 Å². The predicted octanol–water partition coefficient (Wildman–Crippen LogP) is -1.67. The summed E-state index contributed by atoms with van der Waals surface area (Å²) < 4.78 is 0. The molecule has 0 aromatic heterocycles. The zero-order chi connectivity index (χ0) is 13.0. The lowest BCUT2D eigenvalue weighted by Crippen LogP contribution is -2.80. The normalized spacial score (nSPS) is 19.3. The number of nitrogens with two attached hydrogens (primary N) is 3. The fraction of sp³-hybridized carbons (Fsp3) is 0.0909. The Morgan fingerprint density at radius 2 is 2.11 bits per heavy atom. The average molecular weight is 247 g/mol. The van der Waals surface area contributed by atoms with Gasteiger partial charge in [0.2, 0.25) is 5.82 Å². The van der Waals surface area contributed by atoms with E-state index in [1.807, 2.05) is 0 Å². The fourth-order valence-corrected chi connectivity index (χ4v) is 1.44. The second kappa shape index (κ2) is 5.30. The van der Waals surface area contributed by atoms with E-state index >= 15 is 0 Å². The van der Waals surface area contributed by atoms with Crippen molar-refractivity contribution in [2.24, 2.45) is 21.6 Å². The minimum absolute atomic E-state index is 0.225. The molecule has 0 fully saturated rings. The van der Waals surface area contributed by atoms with Crippen LogP contribution in [0.1, 0.15) is 5.56 Å². The number of phenolic OH excluding ortho intramolecular Hbond substituents is 1. The summed E-state index contributed by atoms with van der Waals surface area (Å²) >= 11 is 0. The van der Waals surface area contributed by atoms with Gasteiger partial charge in [-0.3, -0.25) is 5.73 Å². The molecule has 8 N–H and O–H groups in total. The highest BCUT2D eigenvalue weighted by atomic mass is 16.3. The van der Waals surface area contributed by atoms with Crippen LogP contribution in [0.5, 0.6) is 5.75 Å². The Hall–Kier alpha value is -2.38. The lowest BCUT2D eigenvalue weighted by molar-refractivity contribution is -0.617. The van der Waals surface area contributed by atoms with Crippen LogP contribution in [-0.2, 0) is 0 Å². The number of benzene rings is 1. The Morgan fingerprint density at radius 3 is 2.78 bits per heavy atom. The van der Waals surface area contributed by atoms with E-state index in [0.717, 1.165) is 5.56 Å². The van der Waals surface area contributed by atoms with Crippen LogP contribution in [0.2, 0.25) is 0 Å². The topological polar surface area (TPSA) is 126 Å². The van der Waals surface area contributed by atoms with E-state index in [1.165, 1.54) is 0 Å². The zero-order valence-electron chi connectivity index (χ0n) is 9.62. The Labute approximate surface area is 104 Å². The zero-order valence-corrected chi connectivity index (χ0v) is 9.62. The first-order valence-corrected chi connectivity index (χ1v) is 5.36. The summed E-state index contributed by atoms with van der Waals surface area (Å²) in [5.74, 6) is 1.29. The van der Waals surface area contributed by atoms with E-state index in [-0.39, 0.29) is 5.75 Å². The Kier molecular flexibility index (Phi) is 3.56. The maximum absolute atomic E-state index is 9.13. The predicted molar refractivity (Wildman–Crippen MR) is 68.4 cm³/mol. The standard InChI is InChI=1S/C11H14N6O/c12-9-5-10(16-11(13)15-9)17-14-6-7-1-3-8(18)4-2-7/h1-6,11,16-18H,13H2,(H2,12,15)/p+1. The van der Waals surface area contributed by atoms with Crippen LogP contribution in [0.3, 0.4) is 0 Å². The van der Waals surface area contributed by atoms with Crippen LogP contribution >= 0.6 is 0 Å². The van der Waals surface area contributed by atoms with Gasteiger partial charge in [-0.1, -0.05) is 5.10 Å². The maximum atomic E-state index is 9.13. The van der Waals surface area contributed by atoms with E-state index < -0.39 is 6.29 Å². The number of aliphatic imine (C=N–C) groups is 1. The van der Waals surface area contributed by atoms with Crippen molar-refractivity contribution in [2.75, 3.05) is 0 Å². The molecule has 7 nitrogen and oxygen atoms in total. The third-order valence-corrected chi connectivity index (χ3v) is 2.24. The number of hydrogen-bond donors (Lipinski definition) is 5.